The number of fused-ring (bicyclic) bond motifs is 2. The second kappa shape index (κ2) is 10.2. The second-order valence-electron chi connectivity index (χ2n) is 8.23. The van der Waals surface area contributed by atoms with Crippen LogP contribution in [-0.2, 0) is 4.79 Å². The van der Waals surface area contributed by atoms with Crippen LogP contribution in [0.15, 0.2) is 95.9 Å². The van der Waals surface area contributed by atoms with Crippen molar-refractivity contribution in [3.8, 4) is 0 Å². The molecule has 0 atom stereocenters. The standard InChI is InChI=1S/C29H19FN2O4S/c30-23-10-4-3-8-21(23)29(36)31-17-12-14-18(15-13-17)37-16-25(33)32-24-11-5-9-22-26(24)28(35)20-7-2-1-6-19(20)27(22)34/h1-15H,16H2,(H,31,36)(H,32,33). The lowest BCUT2D eigenvalue weighted by Gasteiger charge is -2.20. The molecule has 4 aromatic rings. The molecule has 6 nitrogen and oxygen atoms in total. The minimum absolute atomic E-state index is 0.0515. The van der Waals surface area contributed by atoms with Crippen molar-refractivity contribution in [2.24, 2.45) is 0 Å². The summed E-state index contributed by atoms with van der Waals surface area (Å²) in [5, 5.41) is 5.40. The number of hydrogen-bond acceptors (Lipinski definition) is 5. The Morgan fingerprint density at radius 1 is 0.703 bits per heavy atom. The van der Waals surface area contributed by atoms with Gasteiger partial charge in [0.1, 0.15) is 5.82 Å². The lowest BCUT2D eigenvalue weighted by Crippen LogP contribution is -2.24. The van der Waals surface area contributed by atoms with Crippen molar-refractivity contribution in [2.45, 2.75) is 4.90 Å². The lowest BCUT2D eigenvalue weighted by atomic mass is 9.83. The van der Waals surface area contributed by atoms with Crippen molar-refractivity contribution in [3.05, 3.63) is 125 Å². The number of amides is 2. The fourth-order valence-electron chi connectivity index (χ4n) is 4.06. The van der Waals surface area contributed by atoms with Crippen LogP contribution in [0.4, 0.5) is 15.8 Å². The van der Waals surface area contributed by atoms with E-state index in [-0.39, 0.29) is 39.9 Å². The van der Waals surface area contributed by atoms with E-state index in [4.69, 9.17) is 0 Å². The maximum atomic E-state index is 13.8. The fourth-order valence-corrected chi connectivity index (χ4v) is 4.76. The highest BCUT2D eigenvalue weighted by Crippen LogP contribution is 2.32. The summed E-state index contributed by atoms with van der Waals surface area (Å²) in [4.78, 5) is 51.7. The Bertz CT molecular complexity index is 1570. The van der Waals surface area contributed by atoms with E-state index in [9.17, 15) is 23.6 Å². The third-order valence-electron chi connectivity index (χ3n) is 5.83. The molecule has 0 radical (unpaired) electrons. The van der Waals surface area contributed by atoms with Gasteiger partial charge in [0.05, 0.1) is 22.6 Å². The highest BCUT2D eigenvalue weighted by atomic mass is 32.2. The van der Waals surface area contributed by atoms with E-state index in [1.54, 1.807) is 72.8 Å². The first-order valence-corrected chi connectivity index (χ1v) is 12.3. The first-order chi connectivity index (χ1) is 17.9. The van der Waals surface area contributed by atoms with Crippen molar-refractivity contribution in [1.82, 2.24) is 0 Å². The molecule has 0 fully saturated rings. The van der Waals surface area contributed by atoms with Gasteiger partial charge in [-0.15, -0.1) is 11.8 Å². The summed E-state index contributed by atoms with van der Waals surface area (Å²) in [6, 6.07) is 24.0. The summed E-state index contributed by atoms with van der Waals surface area (Å²) in [7, 11) is 0. The van der Waals surface area contributed by atoms with Crippen molar-refractivity contribution in [3.63, 3.8) is 0 Å². The van der Waals surface area contributed by atoms with Gasteiger partial charge in [0.15, 0.2) is 11.6 Å². The highest BCUT2D eigenvalue weighted by Gasteiger charge is 2.31. The molecule has 0 bridgehead atoms. The van der Waals surface area contributed by atoms with Gasteiger partial charge in [-0.2, -0.15) is 0 Å². The molecule has 182 valence electrons. The Kier molecular flexibility index (Phi) is 6.66. The van der Waals surface area contributed by atoms with Crippen LogP contribution in [0, 0.1) is 5.82 Å². The normalized spacial score (nSPS) is 11.9. The molecule has 2 N–H and O–H groups in total. The number of rotatable bonds is 6. The summed E-state index contributed by atoms with van der Waals surface area (Å²) >= 11 is 1.26. The molecule has 0 heterocycles. The Hall–Kier alpha value is -4.56. The minimum Gasteiger partial charge on any atom is -0.325 e. The average molecular weight is 511 g/mol. The zero-order valence-electron chi connectivity index (χ0n) is 19.3. The van der Waals surface area contributed by atoms with Crippen LogP contribution in [-0.4, -0.2) is 29.1 Å². The molecule has 0 saturated carbocycles. The smallest absolute Gasteiger partial charge is 0.258 e. The predicted molar refractivity (Wildman–Crippen MR) is 140 cm³/mol. The highest BCUT2D eigenvalue weighted by molar-refractivity contribution is 8.00. The number of carbonyl (C=O) groups excluding carboxylic acids is 4. The van der Waals surface area contributed by atoms with Gasteiger partial charge in [0.25, 0.3) is 5.91 Å². The molecule has 0 unspecified atom stereocenters. The Labute approximate surface area is 215 Å². The van der Waals surface area contributed by atoms with Crippen LogP contribution in [0.5, 0.6) is 0 Å². The third-order valence-corrected chi connectivity index (χ3v) is 6.84. The van der Waals surface area contributed by atoms with E-state index >= 15 is 0 Å². The number of anilines is 2. The van der Waals surface area contributed by atoms with Gasteiger partial charge in [-0.1, -0.05) is 48.5 Å². The molecule has 2 amide bonds. The van der Waals surface area contributed by atoms with Gasteiger partial charge in [0, 0.05) is 27.3 Å². The molecule has 8 heteroatoms. The summed E-state index contributed by atoms with van der Waals surface area (Å²) < 4.78 is 13.8. The van der Waals surface area contributed by atoms with Gasteiger partial charge in [0.2, 0.25) is 5.91 Å². The van der Waals surface area contributed by atoms with Crippen LogP contribution in [0.1, 0.15) is 42.2 Å². The predicted octanol–water partition coefficient (Wildman–Crippen LogP) is 5.58. The van der Waals surface area contributed by atoms with Gasteiger partial charge in [-0.25, -0.2) is 4.39 Å². The van der Waals surface area contributed by atoms with E-state index in [0.29, 0.717) is 22.5 Å². The molecule has 37 heavy (non-hydrogen) atoms. The van der Waals surface area contributed by atoms with E-state index in [0.717, 1.165) is 4.90 Å². The van der Waals surface area contributed by atoms with Crippen molar-refractivity contribution in [1.29, 1.82) is 0 Å². The molecule has 5 rings (SSSR count). The Morgan fingerprint density at radius 2 is 1.35 bits per heavy atom. The number of hydrogen-bond donors (Lipinski definition) is 2. The molecule has 1 aliphatic carbocycles. The molecule has 0 aromatic heterocycles. The van der Waals surface area contributed by atoms with Crippen LogP contribution >= 0.6 is 11.8 Å². The number of nitrogens with one attached hydrogen (secondary N) is 2. The van der Waals surface area contributed by atoms with Crippen molar-refractivity contribution >= 4 is 46.5 Å². The molecule has 4 aromatic carbocycles. The number of benzene rings is 4. The summed E-state index contributed by atoms with van der Waals surface area (Å²) in [6.07, 6.45) is 0. The van der Waals surface area contributed by atoms with E-state index < -0.39 is 11.7 Å². The summed E-state index contributed by atoms with van der Waals surface area (Å²) in [6.45, 7) is 0. The zero-order chi connectivity index (χ0) is 25.9. The Morgan fingerprint density at radius 3 is 2.08 bits per heavy atom. The van der Waals surface area contributed by atoms with E-state index in [1.807, 2.05) is 0 Å². The van der Waals surface area contributed by atoms with Crippen LogP contribution in [0.25, 0.3) is 0 Å². The van der Waals surface area contributed by atoms with Crippen LogP contribution < -0.4 is 10.6 Å². The van der Waals surface area contributed by atoms with Crippen LogP contribution in [0.2, 0.25) is 0 Å². The van der Waals surface area contributed by atoms with E-state index in [1.165, 1.54) is 30.0 Å². The summed E-state index contributed by atoms with van der Waals surface area (Å²) in [5.74, 6) is -1.99. The molecule has 0 saturated heterocycles. The van der Waals surface area contributed by atoms with Gasteiger partial charge < -0.3 is 10.6 Å². The molecule has 0 spiro atoms. The van der Waals surface area contributed by atoms with Gasteiger partial charge >= 0.3 is 0 Å². The number of carbonyl (C=O) groups is 4. The fraction of sp³-hybridized carbons (Fsp3) is 0.0345. The second-order valence-corrected chi connectivity index (χ2v) is 9.28. The zero-order valence-corrected chi connectivity index (χ0v) is 20.1. The number of ketones is 2. The van der Waals surface area contributed by atoms with E-state index in [2.05, 4.69) is 10.6 Å². The molecular formula is C29H19FN2O4S. The Balaban J connectivity index is 1.23. The average Bonchev–Trinajstić information content (AvgIpc) is 2.91. The van der Waals surface area contributed by atoms with Gasteiger partial charge in [-0.05, 0) is 42.5 Å². The van der Waals surface area contributed by atoms with Gasteiger partial charge in [-0.3, -0.25) is 19.2 Å². The monoisotopic (exact) mass is 510 g/mol. The summed E-state index contributed by atoms with van der Waals surface area (Å²) in [5.41, 5.74) is 1.86. The van der Waals surface area contributed by atoms with Crippen LogP contribution in [0.3, 0.4) is 0 Å². The van der Waals surface area contributed by atoms with Crippen molar-refractivity contribution < 1.29 is 23.6 Å². The minimum atomic E-state index is -0.604. The number of thioether (sulfide) groups is 1. The first-order valence-electron chi connectivity index (χ1n) is 11.3. The topological polar surface area (TPSA) is 92.3 Å². The number of halogens is 1. The molecular weight excluding hydrogens is 491 g/mol. The maximum Gasteiger partial charge on any atom is 0.258 e. The molecule has 0 aliphatic heterocycles. The third kappa shape index (κ3) is 4.92. The quantitative estimate of drug-likeness (QED) is 0.291. The van der Waals surface area contributed by atoms with Crippen molar-refractivity contribution in [2.75, 3.05) is 16.4 Å². The molecule has 1 aliphatic rings. The lowest BCUT2D eigenvalue weighted by molar-refractivity contribution is -0.113. The maximum absolute atomic E-state index is 13.8. The first kappa shape index (κ1) is 24.1. The largest absolute Gasteiger partial charge is 0.325 e. The SMILES string of the molecule is O=C(CSc1ccc(NC(=O)c2ccccc2F)cc1)Nc1cccc2c1C(=O)c1ccccc1C2=O.